The number of benzene rings is 4. The van der Waals surface area contributed by atoms with Gasteiger partial charge in [-0.15, -0.1) is 0 Å². The van der Waals surface area contributed by atoms with Crippen LogP contribution in [0.2, 0.25) is 0 Å². The number of ether oxygens (including phenoxy) is 2. The largest absolute Gasteiger partial charge is 0.507 e. The smallest absolute Gasteiger partial charge is 0.217 e. The zero-order chi connectivity index (χ0) is 28.3. The monoisotopic (exact) mass is 535 g/mol. The van der Waals surface area contributed by atoms with Crippen molar-refractivity contribution >= 4 is 23.0 Å². The molecule has 0 radical (unpaired) electrons. The molecule has 2 atom stereocenters. The fraction of sp³-hybridized carbons (Fsp3) is 0.152. The Morgan fingerprint density at radius 1 is 0.775 bits per heavy atom. The van der Waals surface area contributed by atoms with Crippen LogP contribution in [0.5, 0.6) is 11.5 Å². The summed E-state index contributed by atoms with van der Waals surface area (Å²) in [6.07, 6.45) is -0.528. The van der Waals surface area contributed by atoms with Crippen LogP contribution in [0.25, 0.3) is 5.76 Å². The van der Waals surface area contributed by atoms with Crippen molar-refractivity contribution in [3.63, 3.8) is 0 Å². The molecule has 1 heterocycles. The number of Topliss-reactive ketones (excluding diaryl/α,β-unsaturated/α-hetero) is 2. The van der Waals surface area contributed by atoms with Crippen LogP contribution in [0, 0.1) is 0 Å². The van der Waals surface area contributed by atoms with Gasteiger partial charge >= 0.3 is 0 Å². The van der Waals surface area contributed by atoms with E-state index in [2.05, 4.69) is 0 Å². The summed E-state index contributed by atoms with van der Waals surface area (Å²) in [5.74, 6) is -0.245. The van der Waals surface area contributed by atoms with Gasteiger partial charge in [-0.1, -0.05) is 72.8 Å². The third-order valence-corrected chi connectivity index (χ3v) is 7.13. The van der Waals surface area contributed by atoms with Gasteiger partial charge in [-0.25, -0.2) is 0 Å². The molecular weight excluding hydrogens is 506 g/mol. The fourth-order valence-corrected chi connectivity index (χ4v) is 5.10. The summed E-state index contributed by atoms with van der Waals surface area (Å²) in [5.41, 5.74) is -0.457. The number of methoxy groups -OCH3 is 2. The maximum Gasteiger partial charge on any atom is 0.217 e. The average molecular weight is 536 g/mol. The first-order valence-electron chi connectivity index (χ1n) is 12.8. The maximum atomic E-state index is 14.3. The highest BCUT2D eigenvalue weighted by Gasteiger charge is 2.58. The van der Waals surface area contributed by atoms with E-state index < -0.39 is 29.8 Å². The minimum Gasteiger partial charge on any atom is -0.507 e. The highest BCUT2D eigenvalue weighted by molar-refractivity contribution is 6.15. The van der Waals surface area contributed by atoms with Gasteiger partial charge < -0.3 is 24.6 Å². The van der Waals surface area contributed by atoms with Gasteiger partial charge in [-0.05, 0) is 42.0 Å². The number of aliphatic hydroxyl groups is 2. The molecular formula is C33H29NO6. The Morgan fingerprint density at radius 3 is 1.80 bits per heavy atom. The van der Waals surface area contributed by atoms with Crippen LogP contribution in [0.3, 0.4) is 0 Å². The van der Waals surface area contributed by atoms with Crippen molar-refractivity contribution in [3.8, 4) is 11.5 Å². The van der Waals surface area contributed by atoms with Gasteiger partial charge in [0, 0.05) is 16.8 Å². The summed E-state index contributed by atoms with van der Waals surface area (Å²) in [5, 5.41) is 23.8. The number of carbonyl (C=O) groups excluding carboxylic acids is 2. The fourth-order valence-electron chi connectivity index (χ4n) is 5.10. The summed E-state index contributed by atoms with van der Waals surface area (Å²) in [6, 6.07) is 30.1. The second-order valence-corrected chi connectivity index (χ2v) is 9.48. The first-order chi connectivity index (χ1) is 19.4. The molecule has 0 bridgehead atoms. The number of aliphatic hydroxyl groups excluding tert-OH is 1. The Morgan fingerprint density at radius 2 is 1.27 bits per heavy atom. The Labute approximate surface area is 232 Å². The highest BCUT2D eigenvalue weighted by Crippen LogP contribution is 2.50. The van der Waals surface area contributed by atoms with Gasteiger partial charge in [0.1, 0.15) is 17.3 Å². The van der Waals surface area contributed by atoms with Crippen molar-refractivity contribution in [2.45, 2.75) is 18.2 Å². The predicted octanol–water partition coefficient (Wildman–Crippen LogP) is 5.77. The lowest BCUT2D eigenvalue weighted by Gasteiger charge is -2.37. The number of ketones is 2. The Balaban J connectivity index is 1.75. The number of rotatable bonds is 8. The van der Waals surface area contributed by atoms with Crippen LogP contribution in [0.1, 0.15) is 33.9 Å². The topological polar surface area (TPSA) is 96.3 Å². The standard InChI is InChI=1S/C33H29NO6/c1-39-26-17-13-23(14-18-26)30-29(31(36)24-11-7-4-8-12-24)32(37)33(38,21-28(35)22-9-5-3-6-10-22)34(30)25-15-19-27(40-2)20-16-25/h3-20,30,36,38H,21H2,1-2H3/t30-,33-/m0/s1. The molecule has 0 saturated carbocycles. The van der Waals surface area contributed by atoms with Crippen molar-refractivity contribution < 1.29 is 29.3 Å². The molecule has 40 heavy (non-hydrogen) atoms. The van der Waals surface area contributed by atoms with Gasteiger partial charge in [0.15, 0.2) is 5.78 Å². The van der Waals surface area contributed by atoms with Crippen molar-refractivity contribution in [2.75, 3.05) is 19.1 Å². The van der Waals surface area contributed by atoms with Crippen molar-refractivity contribution in [2.24, 2.45) is 0 Å². The van der Waals surface area contributed by atoms with Crippen LogP contribution in [0.15, 0.2) is 115 Å². The van der Waals surface area contributed by atoms with Crippen LogP contribution >= 0.6 is 0 Å². The number of nitrogens with zero attached hydrogens (tertiary/aromatic N) is 1. The van der Waals surface area contributed by atoms with Gasteiger partial charge in [0.05, 0.1) is 32.3 Å². The van der Waals surface area contributed by atoms with E-state index >= 15 is 0 Å². The average Bonchev–Trinajstić information content (AvgIpc) is 3.23. The van der Waals surface area contributed by atoms with E-state index in [1.54, 1.807) is 123 Å². The lowest BCUT2D eigenvalue weighted by atomic mass is 9.92. The molecule has 1 aliphatic rings. The maximum absolute atomic E-state index is 14.3. The Kier molecular flexibility index (Phi) is 7.40. The zero-order valence-corrected chi connectivity index (χ0v) is 22.2. The molecule has 0 amide bonds. The van der Waals surface area contributed by atoms with Gasteiger partial charge in [0.25, 0.3) is 0 Å². The molecule has 0 aromatic heterocycles. The normalized spacial score (nSPS) is 19.8. The number of carbonyl (C=O) groups is 2. The number of hydrogen-bond donors (Lipinski definition) is 2. The lowest BCUT2D eigenvalue weighted by Crippen LogP contribution is -2.51. The first kappa shape index (κ1) is 26.7. The number of hydrogen-bond acceptors (Lipinski definition) is 7. The molecule has 0 unspecified atom stereocenters. The van der Waals surface area contributed by atoms with E-state index in [1.807, 2.05) is 0 Å². The van der Waals surface area contributed by atoms with Gasteiger partial charge in [-0.2, -0.15) is 0 Å². The predicted molar refractivity (Wildman–Crippen MR) is 153 cm³/mol. The van der Waals surface area contributed by atoms with E-state index in [9.17, 15) is 19.8 Å². The van der Waals surface area contributed by atoms with E-state index in [-0.39, 0.29) is 11.3 Å². The molecule has 4 aromatic rings. The van der Waals surface area contributed by atoms with Crippen LogP contribution in [-0.2, 0) is 4.79 Å². The van der Waals surface area contributed by atoms with E-state index in [0.29, 0.717) is 33.9 Å². The quantitative estimate of drug-likeness (QED) is 0.168. The molecule has 1 saturated heterocycles. The van der Waals surface area contributed by atoms with Crippen LogP contribution in [0.4, 0.5) is 5.69 Å². The SMILES string of the molecule is COc1ccc([C@H]2C(=C(O)c3ccccc3)C(=O)[C@@](O)(CC(=O)c3ccccc3)N2c2ccc(OC)cc2)cc1. The first-order valence-corrected chi connectivity index (χ1v) is 12.8. The molecule has 5 rings (SSSR count). The molecule has 2 N–H and O–H groups in total. The third kappa shape index (κ3) is 4.83. The van der Waals surface area contributed by atoms with Gasteiger partial charge in [0.2, 0.25) is 11.5 Å². The van der Waals surface area contributed by atoms with Crippen molar-refractivity contribution in [3.05, 3.63) is 131 Å². The van der Waals surface area contributed by atoms with E-state index in [0.717, 1.165) is 0 Å². The van der Waals surface area contributed by atoms with Gasteiger partial charge in [-0.3, -0.25) is 9.59 Å². The lowest BCUT2D eigenvalue weighted by molar-refractivity contribution is -0.130. The van der Waals surface area contributed by atoms with E-state index in [4.69, 9.17) is 9.47 Å². The molecule has 7 heteroatoms. The van der Waals surface area contributed by atoms with Crippen LogP contribution < -0.4 is 14.4 Å². The molecule has 7 nitrogen and oxygen atoms in total. The Hall–Kier alpha value is -4.88. The Bertz CT molecular complexity index is 1530. The summed E-state index contributed by atoms with van der Waals surface area (Å²) >= 11 is 0. The summed E-state index contributed by atoms with van der Waals surface area (Å²) in [7, 11) is 3.10. The molecule has 4 aromatic carbocycles. The summed E-state index contributed by atoms with van der Waals surface area (Å²) in [4.78, 5) is 29.3. The third-order valence-electron chi connectivity index (χ3n) is 7.13. The molecule has 0 spiro atoms. The minimum absolute atomic E-state index is 0.0180. The zero-order valence-electron chi connectivity index (χ0n) is 22.2. The summed E-state index contributed by atoms with van der Waals surface area (Å²) in [6.45, 7) is 0. The minimum atomic E-state index is -2.30. The summed E-state index contributed by atoms with van der Waals surface area (Å²) < 4.78 is 10.6. The van der Waals surface area contributed by atoms with E-state index in [1.165, 1.54) is 4.90 Å². The van der Waals surface area contributed by atoms with Crippen molar-refractivity contribution in [1.29, 1.82) is 0 Å². The molecule has 1 fully saturated rings. The second-order valence-electron chi connectivity index (χ2n) is 9.48. The van der Waals surface area contributed by atoms with Crippen molar-refractivity contribution in [1.82, 2.24) is 0 Å². The molecule has 1 aliphatic heterocycles. The molecule has 0 aliphatic carbocycles. The second kappa shape index (κ2) is 11.1. The number of anilines is 1. The highest BCUT2D eigenvalue weighted by atomic mass is 16.5. The van der Waals surface area contributed by atoms with Crippen LogP contribution in [-0.4, -0.2) is 41.7 Å². The molecule has 202 valence electrons.